The van der Waals surface area contributed by atoms with Crippen LogP contribution in [0.4, 0.5) is 0 Å². The van der Waals surface area contributed by atoms with Crippen molar-refractivity contribution in [1.82, 2.24) is 5.32 Å². The summed E-state index contributed by atoms with van der Waals surface area (Å²) in [4.78, 5) is 0. The second-order valence-electron chi connectivity index (χ2n) is 9.01. The zero-order chi connectivity index (χ0) is 16.3. The smallest absolute Gasteiger partial charge is 0.0558 e. The van der Waals surface area contributed by atoms with Crippen molar-refractivity contribution in [3.8, 4) is 0 Å². The van der Waals surface area contributed by atoms with Crippen LogP contribution in [0.2, 0.25) is 0 Å². The van der Waals surface area contributed by atoms with E-state index in [2.05, 4.69) is 19.3 Å². The molecule has 142 valence electrons. The summed E-state index contributed by atoms with van der Waals surface area (Å²) in [6.45, 7) is 2.27. The maximum Gasteiger partial charge on any atom is 0.0558 e. The Morgan fingerprint density at radius 1 is 0.917 bits per heavy atom. The lowest BCUT2D eigenvalue weighted by Gasteiger charge is -2.62. The minimum absolute atomic E-state index is 0. The van der Waals surface area contributed by atoms with E-state index in [1.165, 1.54) is 70.6 Å². The third-order valence-electron chi connectivity index (χ3n) is 7.52. The van der Waals surface area contributed by atoms with E-state index >= 15 is 0 Å². The summed E-state index contributed by atoms with van der Waals surface area (Å²) >= 11 is 0. The lowest BCUT2D eigenvalue weighted by atomic mass is 9.47. The van der Waals surface area contributed by atoms with Gasteiger partial charge in [-0.25, -0.2) is 0 Å². The van der Waals surface area contributed by atoms with Gasteiger partial charge in [0.05, 0.1) is 6.10 Å². The van der Waals surface area contributed by atoms with E-state index in [9.17, 15) is 5.11 Å². The summed E-state index contributed by atoms with van der Waals surface area (Å²) in [6.07, 6.45) is 17.1. The van der Waals surface area contributed by atoms with Crippen LogP contribution in [0.3, 0.4) is 0 Å². The van der Waals surface area contributed by atoms with Crippen molar-refractivity contribution in [2.24, 2.45) is 23.7 Å². The van der Waals surface area contributed by atoms with E-state index in [1.54, 1.807) is 0 Å². The molecule has 0 aromatic carbocycles. The molecule has 24 heavy (non-hydrogen) atoms. The minimum atomic E-state index is -0.0915. The van der Waals surface area contributed by atoms with Crippen molar-refractivity contribution in [3.05, 3.63) is 0 Å². The van der Waals surface area contributed by atoms with Crippen LogP contribution in [0, 0.1) is 23.7 Å². The predicted molar refractivity (Wildman–Crippen MR) is 105 cm³/mol. The Morgan fingerprint density at radius 2 is 1.46 bits per heavy atom. The first-order valence-electron chi connectivity index (χ1n) is 10.5. The third kappa shape index (κ3) is 4.30. The summed E-state index contributed by atoms with van der Waals surface area (Å²) in [6, 6.07) is 0. The van der Waals surface area contributed by atoms with Gasteiger partial charge in [0.1, 0.15) is 0 Å². The van der Waals surface area contributed by atoms with Gasteiger partial charge in [-0.1, -0.05) is 45.4 Å². The number of rotatable bonds is 10. The van der Waals surface area contributed by atoms with Gasteiger partial charge in [0, 0.05) is 5.54 Å². The molecular formula is C21H40ClNO. The molecule has 4 rings (SSSR count). The maximum absolute atomic E-state index is 10.7. The number of aliphatic hydroxyl groups excluding tert-OH is 1. The number of aliphatic hydroxyl groups is 1. The fourth-order valence-corrected chi connectivity index (χ4v) is 6.52. The molecular weight excluding hydrogens is 318 g/mol. The second kappa shape index (κ2) is 9.24. The van der Waals surface area contributed by atoms with Crippen LogP contribution in [0.5, 0.6) is 0 Å². The molecule has 3 heteroatoms. The Morgan fingerprint density at radius 3 is 2.00 bits per heavy atom. The third-order valence-corrected chi connectivity index (χ3v) is 7.52. The largest absolute Gasteiger partial charge is 0.393 e. The zero-order valence-electron chi connectivity index (χ0n) is 15.9. The average Bonchev–Trinajstić information content (AvgIpc) is 2.54. The van der Waals surface area contributed by atoms with E-state index in [-0.39, 0.29) is 24.0 Å². The van der Waals surface area contributed by atoms with Crippen molar-refractivity contribution in [1.29, 1.82) is 0 Å². The summed E-state index contributed by atoms with van der Waals surface area (Å²) in [5.41, 5.74) is 0.259. The summed E-state index contributed by atoms with van der Waals surface area (Å²) in [5, 5.41) is 14.4. The quantitative estimate of drug-likeness (QED) is 0.518. The zero-order valence-corrected chi connectivity index (χ0v) is 16.8. The number of halogens is 1. The monoisotopic (exact) mass is 357 g/mol. The molecule has 4 saturated carbocycles. The maximum atomic E-state index is 10.7. The lowest BCUT2D eigenvalue weighted by molar-refractivity contribution is -0.0894. The molecule has 0 amide bonds. The molecule has 1 atom stereocenters. The summed E-state index contributed by atoms with van der Waals surface area (Å²) in [5.74, 6) is 3.69. The predicted octanol–water partition coefficient (Wildman–Crippen LogP) is 5.32. The lowest BCUT2D eigenvalue weighted by Crippen LogP contribution is -2.65. The number of nitrogens with one attached hydrogen (secondary N) is 1. The van der Waals surface area contributed by atoms with Crippen molar-refractivity contribution in [2.45, 2.75) is 102 Å². The highest BCUT2D eigenvalue weighted by Gasteiger charge is 2.56. The van der Waals surface area contributed by atoms with Crippen molar-refractivity contribution in [3.63, 3.8) is 0 Å². The molecule has 0 radical (unpaired) electrons. The molecule has 4 fully saturated rings. The first kappa shape index (κ1) is 20.5. The Labute approximate surface area is 156 Å². The molecule has 0 spiro atoms. The molecule has 0 saturated heterocycles. The highest BCUT2D eigenvalue weighted by Crippen LogP contribution is 2.59. The SMILES string of the molecule is CCCCCCCCC(O)CC1(NC)C2CC3CC(C2)CC1C3.Cl. The van der Waals surface area contributed by atoms with Crippen molar-refractivity contribution >= 4 is 12.4 Å². The molecule has 0 aliphatic heterocycles. The van der Waals surface area contributed by atoms with Crippen molar-refractivity contribution < 1.29 is 5.11 Å². The molecule has 0 aromatic heterocycles. The van der Waals surface area contributed by atoms with Gasteiger partial charge in [0.15, 0.2) is 0 Å². The van der Waals surface area contributed by atoms with Gasteiger partial charge in [0.25, 0.3) is 0 Å². The van der Waals surface area contributed by atoms with E-state index in [4.69, 9.17) is 0 Å². The highest BCUT2D eigenvalue weighted by molar-refractivity contribution is 5.85. The Balaban J connectivity index is 0.00000208. The van der Waals surface area contributed by atoms with Gasteiger partial charge >= 0.3 is 0 Å². The van der Waals surface area contributed by atoms with Crippen LogP contribution in [-0.2, 0) is 0 Å². The Bertz CT molecular complexity index is 345. The van der Waals surface area contributed by atoms with E-state index in [1.807, 2.05) is 0 Å². The van der Waals surface area contributed by atoms with Crippen LogP contribution >= 0.6 is 12.4 Å². The first-order chi connectivity index (χ1) is 11.2. The summed E-state index contributed by atoms with van der Waals surface area (Å²) in [7, 11) is 2.17. The van der Waals surface area contributed by atoms with E-state index in [0.717, 1.165) is 36.5 Å². The van der Waals surface area contributed by atoms with Crippen LogP contribution in [0.25, 0.3) is 0 Å². The standard InChI is InChI=1S/C21H39NO.ClH/c1-3-4-5-6-7-8-9-20(23)15-21(22-2)18-11-16-10-17(13-18)14-19(21)12-16;/h16-20,22-23H,3-15H2,1-2H3;1H. The molecule has 1 unspecified atom stereocenters. The van der Waals surface area contributed by atoms with Crippen LogP contribution < -0.4 is 5.32 Å². The minimum Gasteiger partial charge on any atom is -0.393 e. The Hall–Kier alpha value is 0.210. The van der Waals surface area contributed by atoms with Crippen molar-refractivity contribution in [2.75, 3.05) is 7.05 Å². The number of hydrogen-bond acceptors (Lipinski definition) is 2. The highest BCUT2D eigenvalue weighted by atomic mass is 35.5. The molecule has 4 aliphatic rings. The first-order valence-corrected chi connectivity index (χ1v) is 10.5. The van der Waals surface area contributed by atoms with Gasteiger partial charge < -0.3 is 10.4 Å². The fraction of sp³-hybridized carbons (Fsp3) is 1.00. The molecule has 0 heterocycles. The van der Waals surface area contributed by atoms with E-state index in [0.29, 0.717) is 0 Å². The van der Waals surface area contributed by atoms with E-state index < -0.39 is 0 Å². The molecule has 4 bridgehead atoms. The fourth-order valence-electron chi connectivity index (χ4n) is 6.52. The normalized spacial score (nSPS) is 38.1. The van der Waals surface area contributed by atoms with Gasteiger partial charge in [-0.3, -0.25) is 0 Å². The molecule has 0 aromatic rings. The second-order valence-corrected chi connectivity index (χ2v) is 9.01. The average molecular weight is 358 g/mol. The number of hydrogen-bond donors (Lipinski definition) is 2. The van der Waals surface area contributed by atoms with Gasteiger partial charge in [-0.05, 0) is 75.7 Å². The van der Waals surface area contributed by atoms with Crippen LogP contribution in [-0.4, -0.2) is 23.8 Å². The summed E-state index contributed by atoms with van der Waals surface area (Å²) < 4.78 is 0. The van der Waals surface area contributed by atoms with Gasteiger partial charge in [0.2, 0.25) is 0 Å². The van der Waals surface area contributed by atoms with Crippen LogP contribution in [0.1, 0.15) is 90.4 Å². The topological polar surface area (TPSA) is 32.3 Å². The van der Waals surface area contributed by atoms with Gasteiger partial charge in [-0.15, -0.1) is 12.4 Å². The molecule has 2 nitrogen and oxygen atoms in total. The Kier molecular flexibility index (Phi) is 7.90. The number of unbranched alkanes of at least 4 members (excludes halogenated alkanes) is 5. The molecule has 4 aliphatic carbocycles. The molecule has 2 N–H and O–H groups in total. The van der Waals surface area contributed by atoms with Gasteiger partial charge in [-0.2, -0.15) is 0 Å². The van der Waals surface area contributed by atoms with Crippen LogP contribution in [0.15, 0.2) is 0 Å².